The van der Waals surface area contributed by atoms with Gasteiger partial charge in [0.1, 0.15) is 0 Å². The number of nitrogens with one attached hydrogen (secondary N) is 1. The Hall–Kier alpha value is -1.10. The van der Waals surface area contributed by atoms with E-state index in [2.05, 4.69) is 5.32 Å². The fraction of sp³-hybridized carbons (Fsp3) is 0.900. The van der Waals surface area contributed by atoms with E-state index in [1.54, 1.807) is 4.90 Å². The van der Waals surface area contributed by atoms with E-state index >= 15 is 0 Å². The first-order valence-corrected chi connectivity index (χ1v) is 10.3. The van der Waals surface area contributed by atoms with Gasteiger partial charge in [0, 0.05) is 32.5 Å². The van der Waals surface area contributed by atoms with Gasteiger partial charge in [-0.25, -0.2) is 0 Å². The Morgan fingerprint density at radius 2 is 1.80 bits per heavy atom. The first kappa shape index (κ1) is 17.3. The standard InChI is InChI=1S/C20H32N2O3/c23-17(20-10-14-7-15(11-20)9-16(8-14)12-20)13-21-18(24)4-6-22-5-2-1-3-19(22)25/h14-17,23H,1-13H2,(H,21,24). The molecule has 2 N–H and O–H groups in total. The molecule has 4 saturated carbocycles. The average molecular weight is 348 g/mol. The molecule has 25 heavy (non-hydrogen) atoms. The Kier molecular flexibility index (Phi) is 4.78. The zero-order valence-electron chi connectivity index (χ0n) is 15.2. The van der Waals surface area contributed by atoms with Crippen molar-refractivity contribution in [1.29, 1.82) is 0 Å². The van der Waals surface area contributed by atoms with Crippen LogP contribution < -0.4 is 5.32 Å². The second kappa shape index (κ2) is 6.90. The first-order valence-electron chi connectivity index (χ1n) is 10.3. The fourth-order valence-corrected chi connectivity index (χ4v) is 6.44. The summed E-state index contributed by atoms with van der Waals surface area (Å²) in [6.45, 7) is 1.67. The summed E-state index contributed by atoms with van der Waals surface area (Å²) in [5.41, 5.74) is 0.0604. The van der Waals surface area contributed by atoms with Gasteiger partial charge >= 0.3 is 0 Å². The van der Waals surface area contributed by atoms with Crippen molar-refractivity contribution in [3.8, 4) is 0 Å². The van der Waals surface area contributed by atoms with Crippen molar-refractivity contribution < 1.29 is 14.7 Å². The van der Waals surface area contributed by atoms with Gasteiger partial charge in [0.15, 0.2) is 0 Å². The van der Waals surface area contributed by atoms with Gasteiger partial charge in [0.05, 0.1) is 6.10 Å². The van der Waals surface area contributed by atoms with E-state index in [-0.39, 0.29) is 17.2 Å². The number of aliphatic hydroxyl groups excluding tert-OH is 1. The van der Waals surface area contributed by atoms with Crippen LogP contribution in [0.1, 0.15) is 64.2 Å². The molecule has 4 bridgehead atoms. The van der Waals surface area contributed by atoms with Gasteiger partial charge in [-0.15, -0.1) is 0 Å². The molecule has 0 aromatic heterocycles. The van der Waals surface area contributed by atoms with Crippen LogP contribution in [-0.4, -0.2) is 47.6 Å². The minimum absolute atomic E-state index is 0.0397. The number of hydrogen-bond donors (Lipinski definition) is 2. The first-order chi connectivity index (χ1) is 12.0. The third kappa shape index (κ3) is 3.57. The van der Waals surface area contributed by atoms with E-state index in [0.717, 1.165) is 56.4 Å². The predicted octanol–water partition coefficient (Wildman–Crippen LogP) is 2.08. The number of likely N-dealkylation sites (tertiary alicyclic amines) is 1. The lowest BCUT2D eigenvalue weighted by atomic mass is 9.48. The van der Waals surface area contributed by atoms with E-state index < -0.39 is 6.10 Å². The highest BCUT2D eigenvalue weighted by Gasteiger charge is 2.53. The van der Waals surface area contributed by atoms with Crippen LogP contribution in [0.5, 0.6) is 0 Å². The average Bonchev–Trinajstić information content (AvgIpc) is 2.57. The molecule has 140 valence electrons. The van der Waals surface area contributed by atoms with Gasteiger partial charge in [-0.05, 0) is 74.5 Å². The van der Waals surface area contributed by atoms with Crippen LogP contribution in [-0.2, 0) is 9.59 Å². The molecule has 1 heterocycles. The molecule has 1 saturated heterocycles. The molecule has 5 rings (SSSR count). The summed E-state index contributed by atoms with van der Waals surface area (Å²) in [7, 11) is 0. The lowest BCUT2D eigenvalue weighted by Crippen LogP contribution is -2.54. The molecule has 0 aromatic carbocycles. The molecule has 5 aliphatic rings. The van der Waals surface area contributed by atoms with Crippen molar-refractivity contribution in [3.63, 3.8) is 0 Å². The highest BCUT2D eigenvalue weighted by molar-refractivity contribution is 5.79. The minimum Gasteiger partial charge on any atom is -0.391 e. The van der Waals surface area contributed by atoms with Crippen LogP contribution >= 0.6 is 0 Å². The topological polar surface area (TPSA) is 69.6 Å². The number of hydrogen-bond acceptors (Lipinski definition) is 3. The summed E-state index contributed by atoms with van der Waals surface area (Å²) in [6.07, 6.45) is 10.1. The Bertz CT molecular complexity index is 498. The molecule has 5 nitrogen and oxygen atoms in total. The normalized spacial score (nSPS) is 38.0. The van der Waals surface area contributed by atoms with E-state index in [0.29, 0.717) is 25.9 Å². The smallest absolute Gasteiger partial charge is 0.222 e. The van der Waals surface area contributed by atoms with Crippen LogP contribution in [0.3, 0.4) is 0 Å². The van der Waals surface area contributed by atoms with Gasteiger partial charge in [0.25, 0.3) is 0 Å². The maximum Gasteiger partial charge on any atom is 0.222 e. The molecule has 2 amide bonds. The second-order valence-electron chi connectivity index (χ2n) is 9.19. The summed E-state index contributed by atoms with van der Waals surface area (Å²) >= 11 is 0. The van der Waals surface area contributed by atoms with E-state index in [1.807, 2.05) is 0 Å². The van der Waals surface area contributed by atoms with E-state index in [4.69, 9.17) is 0 Å². The maximum absolute atomic E-state index is 12.2. The number of carbonyl (C=O) groups is 2. The van der Waals surface area contributed by atoms with Gasteiger partial charge in [-0.1, -0.05) is 0 Å². The zero-order chi connectivity index (χ0) is 17.4. The molecule has 1 atom stereocenters. The van der Waals surface area contributed by atoms with Crippen LogP contribution in [0.25, 0.3) is 0 Å². The summed E-state index contributed by atoms with van der Waals surface area (Å²) in [6, 6.07) is 0. The Labute approximate surface area is 150 Å². The van der Waals surface area contributed by atoms with Gasteiger partial charge in [0.2, 0.25) is 11.8 Å². The molecular formula is C20H32N2O3. The van der Waals surface area contributed by atoms with Crippen molar-refractivity contribution >= 4 is 11.8 Å². The SMILES string of the molecule is O=C(CCN1CCCCC1=O)NCC(O)C12CC3CC(CC(C3)C1)C2. The number of aliphatic hydroxyl groups is 1. The fourth-order valence-electron chi connectivity index (χ4n) is 6.44. The summed E-state index contributed by atoms with van der Waals surface area (Å²) in [4.78, 5) is 25.8. The Morgan fingerprint density at radius 1 is 1.16 bits per heavy atom. The number of piperidine rings is 1. The second-order valence-corrected chi connectivity index (χ2v) is 9.19. The predicted molar refractivity (Wildman–Crippen MR) is 94.7 cm³/mol. The minimum atomic E-state index is -0.415. The number of rotatable bonds is 6. The van der Waals surface area contributed by atoms with Crippen LogP contribution in [0.2, 0.25) is 0 Å². The summed E-state index contributed by atoms with van der Waals surface area (Å²) in [5.74, 6) is 2.56. The lowest BCUT2D eigenvalue weighted by Gasteiger charge is -2.58. The van der Waals surface area contributed by atoms with Crippen molar-refractivity contribution in [2.45, 2.75) is 70.3 Å². The van der Waals surface area contributed by atoms with Crippen LogP contribution in [0, 0.1) is 23.2 Å². The van der Waals surface area contributed by atoms with Crippen LogP contribution in [0.15, 0.2) is 0 Å². The monoisotopic (exact) mass is 348 g/mol. The number of amides is 2. The number of nitrogens with zero attached hydrogens (tertiary/aromatic N) is 1. The molecule has 0 spiro atoms. The van der Waals surface area contributed by atoms with E-state index in [1.165, 1.54) is 19.3 Å². The van der Waals surface area contributed by atoms with Crippen molar-refractivity contribution in [2.75, 3.05) is 19.6 Å². The highest BCUT2D eigenvalue weighted by Crippen LogP contribution is 2.61. The van der Waals surface area contributed by atoms with Crippen LogP contribution in [0.4, 0.5) is 0 Å². The van der Waals surface area contributed by atoms with Crippen molar-refractivity contribution in [1.82, 2.24) is 10.2 Å². The molecule has 1 aliphatic heterocycles. The maximum atomic E-state index is 12.2. The Balaban J connectivity index is 1.24. The molecule has 0 radical (unpaired) electrons. The zero-order valence-corrected chi connectivity index (χ0v) is 15.2. The molecule has 5 heteroatoms. The summed E-state index contributed by atoms with van der Waals surface area (Å²) in [5, 5.41) is 13.8. The summed E-state index contributed by atoms with van der Waals surface area (Å²) < 4.78 is 0. The number of carbonyl (C=O) groups excluding carboxylic acids is 2. The highest BCUT2D eigenvalue weighted by atomic mass is 16.3. The molecule has 5 fully saturated rings. The van der Waals surface area contributed by atoms with Crippen molar-refractivity contribution in [3.05, 3.63) is 0 Å². The van der Waals surface area contributed by atoms with Gasteiger partial charge < -0.3 is 15.3 Å². The Morgan fingerprint density at radius 3 is 2.40 bits per heavy atom. The van der Waals surface area contributed by atoms with Gasteiger partial charge in [-0.3, -0.25) is 9.59 Å². The lowest BCUT2D eigenvalue weighted by molar-refractivity contribution is -0.134. The largest absolute Gasteiger partial charge is 0.391 e. The molecule has 0 aromatic rings. The van der Waals surface area contributed by atoms with E-state index in [9.17, 15) is 14.7 Å². The molecule has 4 aliphatic carbocycles. The third-order valence-corrected chi connectivity index (χ3v) is 7.32. The molecular weight excluding hydrogens is 316 g/mol. The van der Waals surface area contributed by atoms with Gasteiger partial charge in [-0.2, -0.15) is 0 Å². The van der Waals surface area contributed by atoms with Crippen molar-refractivity contribution in [2.24, 2.45) is 23.2 Å². The quantitative estimate of drug-likeness (QED) is 0.772. The molecule has 1 unspecified atom stereocenters. The third-order valence-electron chi connectivity index (χ3n) is 7.32.